The maximum atomic E-state index is 16.2. The molecule has 0 spiro atoms. The number of ketones is 1. The van der Waals surface area contributed by atoms with E-state index in [2.05, 4.69) is 5.32 Å². The maximum Gasteiger partial charge on any atom is 0.338 e. The smallest absolute Gasteiger partial charge is 0.338 e. The summed E-state index contributed by atoms with van der Waals surface area (Å²) in [6, 6.07) is 14.5. The van der Waals surface area contributed by atoms with Crippen LogP contribution in [0.1, 0.15) is 90.2 Å². The first-order valence-electron chi connectivity index (χ1n) is 22.8. The number of benzene rings is 2. The van der Waals surface area contributed by atoms with Crippen molar-refractivity contribution in [3.63, 3.8) is 0 Å². The van der Waals surface area contributed by atoms with Gasteiger partial charge in [0.05, 0.1) is 42.3 Å². The molecule has 2 bridgehead atoms. The zero-order valence-electron chi connectivity index (χ0n) is 39.7. The summed E-state index contributed by atoms with van der Waals surface area (Å²) < 4.78 is 43.0. The van der Waals surface area contributed by atoms with Gasteiger partial charge in [-0.1, -0.05) is 68.5 Å². The molecule has 6 N–H and O–H groups in total. The van der Waals surface area contributed by atoms with E-state index >= 15 is 4.79 Å². The molecule has 2 aliphatic heterocycles. The fourth-order valence-corrected chi connectivity index (χ4v) is 11.0. The second-order valence-corrected chi connectivity index (χ2v) is 19.3. The van der Waals surface area contributed by atoms with Crippen molar-refractivity contribution in [3.05, 3.63) is 94.6 Å². The number of nitrogens with one attached hydrogen (secondary N) is 1. The van der Waals surface area contributed by atoms with E-state index in [4.69, 9.17) is 33.2 Å². The lowest BCUT2D eigenvalue weighted by Gasteiger charge is -2.68. The zero-order valence-corrected chi connectivity index (χ0v) is 39.7. The van der Waals surface area contributed by atoms with Crippen molar-refractivity contribution < 1.29 is 87.5 Å². The molecule has 4 fully saturated rings. The molecule has 2 aromatic carbocycles. The second kappa shape index (κ2) is 19.4. The highest BCUT2D eigenvalue weighted by Gasteiger charge is 2.79. The third-order valence-electron chi connectivity index (χ3n) is 15.0. The van der Waals surface area contributed by atoms with E-state index in [9.17, 15) is 49.5 Å². The SMILES string of the molecule is C/C=C(\C)C(=O)N[C@@H](c1ccccc1)[C@@H](O)C(=O)O[C@H]1C[C@@]2(O)[C@@H](OC(=O)c3ccccc3)[C@@H]3[C@]4(OC(C)=O)CO[C@@H]4C[C@H](OC4OC[C@@H](O)[C@H](O)[C@H]4O)[C@@]3(C)C(=O)[C@H](OC(C)=O)C(=C1C)C2(C)C. The molecule has 69 heavy (non-hydrogen) atoms. The molecule has 2 saturated carbocycles. The zero-order chi connectivity index (χ0) is 50.5. The topological polar surface area (TPSA) is 280 Å². The molecule has 19 nitrogen and oxygen atoms in total. The van der Waals surface area contributed by atoms with E-state index in [1.807, 2.05) is 0 Å². The predicted octanol–water partition coefficient (Wildman–Crippen LogP) is 1.85. The highest BCUT2D eigenvalue weighted by Crippen LogP contribution is 2.65. The van der Waals surface area contributed by atoms with E-state index in [0.717, 1.165) is 13.8 Å². The van der Waals surface area contributed by atoms with Crippen molar-refractivity contribution in [2.45, 2.75) is 147 Å². The monoisotopic (exact) mass is 963 g/mol. The van der Waals surface area contributed by atoms with Gasteiger partial charge in [0.15, 0.2) is 29.9 Å². The van der Waals surface area contributed by atoms with E-state index in [1.54, 1.807) is 68.5 Å². The van der Waals surface area contributed by atoms with E-state index in [0.29, 0.717) is 5.56 Å². The summed E-state index contributed by atoms with van der Waals surface area (Å²) in [5.74, 6) is -7.25. The molecule has 2 aromatic rings. The molecule has 1 unspecified atom stereocenters. The number of carbonyl (C=O) groups excluding carboxylic acids is 6. The number of hydrogen-bond acceptors (Lipinski definition) is 18. The van der Waals surface area contributed by atoms with Crippen LogP contribution in [-0.2, 0) is 57.1 Å². The Morgan fingerprint density at radius 2 is 1.51 bits per heavy atom. The summed E-state index contributed by atoms with van der Waals surface area (Å²) in [4.78, 5) is 85.0. The summed E-state index contributed by atoms with van der Waals surface area (Å²) >= 11 is 0. The van der Waals surface area contributed by atoms with Gasteiger partial charge in [0.1, 0.15) is 42.2 Å². The molecule has 15 atom stereocenters. The Bertz CT molecular complexity index is 2390. The number of aliphatic hydroxyl groups is 5. The van der Waals surface area contributed by atoms with Crippen molar-refractivity contribution in [2.24, 2.45) is 16.7 Å². The van der Waals surface area contributed by atoms with Crippen molar-refractivity contribution in [2.75, 3.05) is 13.2 Å². The van der Waals surface area contributed by atoms with Crippen LogP contribution in [0.5, 0.6) is 0 Å². The van der Waals surface area contributed by atoms with Gasteiger partial charge in [-0.25, -0.2) is 9.59 Å². The first-order chi connectivity index (χ1) is 32.4. The summed E-state index contributed by atoms with van der Waals surface area (Å²) in [7, 11) is 0. The van der Waals surface area contributed by atoms with Crippen LogP contribution in [0.4, 0.5) is 0 Å². The number of hydrogen-bond donors (Lipinski definition) is 6. The molecule has 374 valence electrons. The summed E-state index contributed by atoms with van der Waals surface area (Å²) in [5.41, 5.74) is -7.65. The number of esters is 4. The summed E-state index contributed by atoms with van der Waals surface area (Å²) in [6.45, 7) is 10.4. The molecule has 3 aliphatic carbocycles. The van der Waals surface area contributed by atoms with Crippen molar-refractivity contribution in [1.29, 1.82) is 0 Å². The van der Waals surface area contributed by atoms with Crippen molar-refractivity contribution in [3.8, 4) is 0 Å². The van der Waals surface area contributed by atoms with E-state index in [-0.39, 0.29) is 28.7 Å². The van der Waals surface area contributed by atoms with Crippen LogP contribution in [-0.4, -0.2) is 147 Å². The first-order valence-corrected chi connectivity index (χ1v) is 22.8. The maximum absolute atomic E-state index is 16.2. The summed E-state index contributed by atoms with van der Waals surface area (Å²) in [6.07, 6.45) is -16.3. The lowest BCUT2D eigenvalue weighted by Crippen LogP contribution is -2.82. The van der Waals surface area contributed by atoms with Crippen LogP contribution in [0, 0.1) is 16.7 Å². The van der Waals surface area contributed by atoms with Crippen LogP contribution >= 0.6 is 0 Å². The normalized spacial score (nSPS) is 35.8. The van der Waals surface area contributed by atoms with Gasteiger partial charge in [0, 0.05) is 37.7 Å². The Balaban J connectivity index is 1.44. The number of Topliss-reactive ketones (excluding diaryl/α,β-unsaturated/α-hetero) is 1. The van der Waals surface area contributed by atoms with Gasteiger partial charge < -0.3 is 64.0 Å². The lowest BCUT2D eigenvalue weighted by molar-refractivity contribution is -0.366. The average molecular weight is 964 g/mol. The average Bonchev–Trinajstić information content (AvgIpc) is 3.30. The van der Waals surface area contributed by atoms with Crippen LogP contribution < -0.4 is 5.32 Å². The van der Waals surface area contributed by atoms with Gasteiger partial charge >= 0.3 is 23.9 Å². The largest absolute Gasteiger partial charge is 0.456 e. The molecule has 19 heteroatoms. The molecular formula is C50H61NO18. The molecule has 2 saturated heterocycles. The molecule has 1 amide bonds. The highest BCUT2D eigenvalue weighted by atomic mass is 16.7. The molecule has 0 radical (unpaired) electrons. The van der Waals surface area contributed by atoms with Crippen molar-refractivity contribution in [1.82, 2.24) is 5.32 Å². The fraction of sp³-hybridized carbons (Fsp3) is 0.560. The van der Waals surface area contributed by atoms with Gasteiger partial charge in [-0.3, -0.25) is 19.2 Å². The van der Waals surface area contributed by atoms with Crippen LogP contribution in [0.3, 0.4) is 0 Å². The van der Waals surface area contributed by atoms with Gasteiger partial charge in [0.25, 0.3) is 0 Å². The number of allylic oxidation sites excluding steroid dienone is 1. The van der Waals surface area contributed by atoms with Gasteiger partial charge in [0.2, 0.25) is 5.91 Å². The molecular weight excluding hydrogens is 903 g/mol. The number of carbonyl (C=O) groups is 6. The number of ether oxygens (including phenoxy) is 7. The molecule has 7 rings (SSSR count). The van der Waals surface area contributed by atoms with Gasteiger partial charge in [-0.15, -0.1) is 0 Å². The fourth-order valence-electron chi connectivity index (χ4n) is 11.0. The third-order valence-corrected chi connectivity index (χ3v) is 15.0. The van der Waals surface area contributed by atoms with Crippen molar-refractivity contribution >= 4 is 35.6 Å². The second-order valence-electron chi connectivity index (χ2n) is 19.3. The summed E-state index contributed by atoms with van der Waals surface area (Å²) in [5, 5.41) is 60.6. The lowest BCUT2D eigenvalue weighted by atomic mass is 9.44. The Kier molecular flexibility index (Phi) is 14.5. The first kappa shape index (κ1) is 51.5. The quantitative estimate of drug-likeness (QED) is 0.0766. The standard InChI is InChI=1S/C50H61NO18/c1-9-24(2)43(59)51-35(28-16-12-10-13-17-28)37(56)45(61)66-31-21-50(62)42(68-44(60)29-18-14-11-15-19-29)40-48(8,41(58)39(65-26(4)52)34(25(31)3)47(50,6)7)32(20-33-49(40,23-64-33)69-27(5)53)67-46-38(57)36(55)30(54)22-63-46/h9-19,30-33,35-40,42,46,54-57,62H,20-23H2,1-8H3,(H,51,59)/b24-9+/t30-,31+,32+,33-,35+,36+,37-,38-,39-,40+,42+,46?,48-,49+,50-/m1/s1. The minimum absolute atomic E-state index is 0.0145. The van der Waals surface area contributed by atoms with Crippen LogP contribution in [0.15, 0.2) is 83.5 Å². The Morgan fingerprint density at radius 3 is 2.09 bits per heavy atom. The number of fused-ring (bicyclic) bond motifs is 5. The van der Waals surface area contributed by atoms with Gasteiger partial charge in [-0.05, 0) is 56.5 Å². The highest BCUT2D eigenvalue weighted by molar-refractivity contribution is 5.96. The third kappa shape index (κ3) is 8.92. The molecule has 5 aliphatic rings. The number of amides is 1. The number of aliphatic hydroxyl groups excluding tert-OH is 4. The Hall–Kier alpha value is -5.38. The Morgan fingerprint density at radius 1 is 0.870 bits per heavy atom. The van der Waals surface area contributed by atoms with E-state index in [1.165, 1.54) is 39.8 Å². The molecule has 0 aromatic heterocycles. The van der Waals surface area contributed by atoms with E-state index < -0.39 is 150 Å². The minimum Gasteiger partial charge on any atom is -0.456 e. The Labute approximate surface area is 398 Å². The van der Waals surface area contributed by atoms with Crippen LogP contribution in [0.25, 0.3) is 0 Å². The number of rotatable bonds is 12. The minimum atomic E-state index is -2.50. The molecule has 2 heterocycles. The predicted molar refractivity (Wildman–Crippen MR) is 238 cm³/mol. The van der Waals surface area contributed by atoms with Gasteiger partial charge in [-0.2, -0.15) is 0 Å². The van der Waals surface area contributed by atoms with Crippen LogP contribution in [0.2, 0.25) is 0 Å².